The summed E-state index contributed by atoms with van der Waals surface area (Å²) in [6, 6.07) is 8.63. The highest BCUT2D eigenvalue weighted by molar-refractivity contribution is 9.10. The van der Waals surface area contributed by atoms with Gasteiger partial charge >= 0.3 is 0 Å². The van der Waals surface area contributed by atoms with E-state index in [9.17, 15) is 9.50 Å². The van der Waals surface area contributed by atoms with Crippen LogP contribution in [0.1, 0.15) is 22.8 Å². The smallest absolute Gasteiger partial charge is 0.149 e. The summed E-state index contributed by atoms with van der Waals surface area (Å²) >= 11 is 12.3. The first-order valence-corrected chi connectivity index (χ1v) is 7.45. The Morgan fingerprint density at radius 3 is 2.53 bits per heavy atom. The van der Waals surface area contributed by atoms with Crippen molar-refractivity contribution in [2.24, 2.45) is 0 Å². The molecule has 0 spiro atoms. The molecule has 1 unspecified atom stereocenters. The lowest BCUT2D eigenvalue weighted by atomic mass is 9.99. The predicted octanol–water partition coefficient (Wildman–Crippen LogP) is 5.39. The normalized spacial score (nSPS) is 12.5. The van der Waals surface area contributed by atoms with Crippen LogP contribution in [0, 0.1) is 12.7 Å². The van der Waals surface area contributed by atoms with Crippen LogP contribution in [0.25, 0.3) is 0 Å². The highest BCUT2D eigenvalue weighted by Gasteiger charge is 2.19. The SMILES string of the molecule is Cc1cc(Br)cc(C(O)c2ccc(Br)c(Cl)c2F)c1. The fraction of sp³-hybridized carbons (Fsp3) is 0.143. The van der Waals surface area contributed by atoms with Crippen molar-refractivity contribution in [3.63, 3.8) is 0 Å². The molecule has 2 aromatic rings. The molecular weight excluding hydrogens is 398 g/mol. The van der Waals surface area contributed by atoms with Crippen molar-refractivity contribution in [1.29, 1.82) is 0 Å². The Morgan fingerprint density at radius 1 is 1.21 bits per heavy atom. The number of aliphatic hydroxyl groups is 1. The van der Waals surface area contributed by atoms with E-state index in [-0.39, 0.29) is 10.6 Å². The number of hydrogen-bond donors (Lipinski definition) is 1. The molecule has 19 heavy (non-hydrogen) atoms. The third-order valence-electron chi connectivity index (χ3n) is 2.74. The minimum absolute atomic E-state index is 0.0248. The summed E-state index contributed by atoms with van der Waals surface area (Å²) in [5.74, 6) is -0.610. The van der Waals surface area contributed by atoms with E-state index in [2.05, 4.69) is 31.9 Å². The summed E-state index contributed by atoms with van der Waals surface area (Å²) in [6.07, 6.45) is -1.05. The molecule has 0 bridgehead atoms. The first-order chi connectivity index (χ1) is 8.90. The summed E-state index contributed by atoms with van der Waals surface area (Å²) in [6.45, 7) is 1.91. The molecule has 1 N–H and O–H groups in total. The molecule has 5 heteroatoms. The van der Waals surface area contributed by atoms with Crippen LogP contribution in [-0.4, -0.2) is 5.11 Å². The van der Waals surface area contributed by atoms with Crippen LogP contribution in [0.3, 0.4) is 0 Å². The zero-order valence-electron chi connectivity index (χ0n) is 9.92. The van der Waals surface area contributed by atoms with Crippen molar-refractivity contribution in [2.45, 2.75) is 13.0 Å². The van der Waals surface area contributed by atoms with Gasteiger partial charge in [-0.05, 0) is 52.2 Å². The van der Waals surface area contributed by atoms with Crippen LogP contribution < -0.4 is 0 Å². The summed E-state index contributed by atoms with van der Waals surface area (Å²) in [5, 5.41) is 10.3. The van der Waals surface area contributed by atoms with Crippen molar-refractivity contribution >= 4 is 43.5 Å². The maximum Gasteiger partial charge on any atom is 0.149 e. The van der Waals surface area contributed by atoms with Crippen LogP contribution in [0.4, 0.5) is 4.39 Å². The molecule has 0 heterocycles. The predicted molar refractivity (Wildman–Crippen MR) is 82.1 cm³/mol. The fourth-order valence-electron chi connectivity index (χ4n) is 1.85. The van der Waals surface area contributed by atoms with Gasteiger partial charge in [-0.2, -0.15) is 0 Å². The van der Waals surface area contributed by atoms with Crippen molar-refractivity contribution in [2.75, 3.05) is 0 Å². The Labute approximate surface area is 132 Å². The van der Waals surface area contributed by atoms with E-state index in [1.54, 1.807) is 12.1 Å². The molecule has 0 aromatic heterocycles. The van der Waals surface area contributed by atoms with Gasteiger partial charge in [0.05, 0.1) is 5.02 Å². The average molecular weight is 408 g/mol. The second-order valence-corrected chi connectivity index (χ2v) is 6.38. The quantitative estimate of drug-likeness (QED) is 0.660. The van der Waals surface area contributed by atoms with Crippen LogP contribution in [0.5, 0.6) is 0 Å². The molecular formula is C14H10Br2ClFO. The van der Waals surface area contributed by atoms with Gasteiger partial charge in [0.25, 0.3) is 0 Å². The second-order valence-electron chi connectivity index (χ2n) is 4.23. The zero-order valence-corrected chi connectivity index (χ0v) is 13.9. The van der Waals surface area contributed by atoms with Gasteiger partial charge in [0, 0.05) is 14.5 Å². The fourth-order valence-corrected chi connectivity index (χ4v) is 2.96. The molecule has 0 radical (unpaired) electrons. The summed E-state index contributed by atoms with van der Waals surface area (Å²) < 4.78 is 15.4. The molecule has 2 aromatic carbocycles. The first kappa shape index (κ1) is 15.0. The van der Waals surface area contributed by atoms with Crippen molar-refractivity contribution in [1.82, 2.24) is 0 Å². The summed E-state index contributed by atoms with van der Waals surface area (Å²) in [4.78, 5) is 0. The lowest BCUT2D eigenvalue weighted by Crippen LogP contribution is -2.03. The van der Waals surface area contributed by atoms with Crippen molar-refractivity contribution in [3.8, 4) is 0 Å². The number of rotatable bonds is 2. The van der Waals surface area contributed by atoms with Gasteiger partial charge < -0.3 is 5.11 Å². The molecule has 0 aliphatic heterocycles. The lowest BCUT2D eigenvalue weighted by molar-refractivity contribution is 0.215. The third kappa shape index (κ3) is 3.19. The van der Waals surface area contributed by atoms with Crippen molar-refractivity contribution < 1.29 is 9.50 Å². The van der Waals surface area contributed by atoms with Gasteiger partial charge in [0.1, 0.15) is 11.9 Å². The van der Waals surface area contributed by atoms with E-state index >= 15 is 0 Å². The Hall–Kier alpha value is -0.420. The molecule has 0 saturated heterocycles. The zero-order chi connectivity index (χ0) is 14.2. The average Bonchev–Trinajstić information content (AvgIpc) is 2.34. The second kappa shape index (κ2) is 5.92. The lowest BCUT2D eigenvalue weighted by Gasteiger charge is -2.15. The minimum atomic E-state index is -1.05. The van der Waals surface area contributed by atoms with E-state index in [0.29, 0.717) is 10.0 Å². The van der Waals surface area contributed by atoms with E-state index in [1.165, 1.54) is 6.07 Å². The van der Waals surface area contributed by atoms with Crippen LogP contribution in [0.2, 0.25) is 5.02 Å². The van der Waals surface area contributed by atoms with Gasteiger partial charge in [-0.25, -0.2) is 4.39 Å². The molecule has 0 fully saturated rings. The van der Waals surface area contributed by atoms with E-state index in [0.717, 1.165) is 10.0 Å². The monoisotopic (exact) mass is 406 g/mol. The molecule has 0 saturated carbocycles. The number of aryl methyl sites for hydroxylation is 1. The third-order valence-corrected chi connectivity index (χ3v) is 4.46. The Morgan fingerprint density at radius 2 is 1.89 bits per heavy atom. The molecule has 0 aliphatic rings. The van der Waals surface area contributed by atoms with Gasteiger partial charge in [-0.15, -0.1) is 0 Å². The number of hydrogen-bond acceptors (Lipinski definition) is 1. The number of aliphatic hydroxyl groups excluding tert-OH is 1. The number of benzene rings is 2. The van der Waals surface area contributed by atoms with Gasteiger partial charge in [-0.1, -0.05) is 39.7 Å². The summed E-state index contributed by atoms with van der Waals surface area (Å²) in [7, 11) is 0. The van der Waals surface area contributed by atoms with Crippen LogP contribution >= 0.6 is 43.5 Å². The largest absolute Gasteiger partial charge is 0.384 e. The molecule has 0 amide bonds. The molecule has 1 atom stereocenters. The minimum Gasteiger partial charge on any atom is -0.384 e. The topological polar surface area (TPSA) is 20.2 Å². The maximum atomic E-state index is 14.1. The van der Waals surface area contributed by atoms with E-state index < -0.39 is 11.9 Å². The summed E-state index contributed by atoms with van der Waals surface area (Å²) in [5.41, 5.74) is 1.75. The molecule has 1 nitrogen and oxygen atoms in total. The Bertz CT molecular complexity index is 611. The Kier molecular flexibility index (Phi) is 4.66. The van der Waals surface area contributed by atoms with Crippen molar-refractivity contribution in [3.05, 3.63) is 66.8 Å². The van der Waals surface area contributed by atoms with E-state index in [1.807, 2.05) is 19.1 Å². The molecule has 2 rings (SSSR count). The molecule has 100 valence electrons. The van der Waals surface area contributed by atoms with Gasteiger partial charge in [0.2, 0.25) is 0 Å². The van der Waals surface area contributed by atoms with Gasteiger partial charge in [0.15, 0.2) is 0 Å². The maximum absolute atomic E-state index is 14.1. The molecule has 0 aliphatic carbocycles. The standard InChI is InChI=1S/C14H10Br2ClFO/c1-7-4-8(6-9(15)5-7)14(19)10-2-3-11(16)12(17)13(10)18/h2-6,14,19H,1H3. The first-order valence-electron chi connectivity index (χ1n) is 5.48. The van der Waals surface area contributed by atoms with E-state index in [4.69, 9.17) is 11.6 Å². The highest BCUT2D eigenvalue weighted by atomic mass is 79.9. The van der Waals surface area contributed by atoms with Crippen LogP contribution in [0.15, 0.2) is 39.3 Å². The Balaban J connectivity index is 2.50. The number of halogens is 4. The van der Waals surface area contributed by atoms with Gasteiger partial charge in [-0.3, -0.25) is 0 Å². The van der Waals surface area contributed by atoms with Crippen LogP contribution in [-0.2, 0) is 0 Å². The highest BCUT2D eigenvalue weighted by Crippen LogP contribution is 2.33.